The first-order valence-electron chi connectivity index (χ1n) is 9.88. The Kier molecular flexibility index (Phi) is 8.11. The molecule has 0 bridgehead atoms. The first kappa shape index (κ1) is 26.0. The maximum atomic E-state index is 14.0. The van der Waals surface area contributed by atoms with Gasteiger partial charge in [0.25, 0.3) is 0 Å². The van der Waals surface area contributed by atoms with Crippen molar-refractivity contribution in [3.63, 3.8) is 0 Å². The van der Waals surface area contributed by atoms with Crippen LogP contribution in [0.4, 0.5) is 17.6 Å². The Hall–Kier alpha value is -1.65. The number of halogens is 7. The Labute approximate surface area is 210 Å². The van der Waals surface area contributed by atoms with E-state index in [1.807, 2.05) is 0 Å². The van der Waals surface area contributed by atoms with E-state index in [4.69, 9.17) is 16.4 Å². The van der Waals surface area contributed by atoms with Crippen molar-refractivity contribution in [3.05, 3.63) is 66.8 Å². The van der Waals surface area contributed by atoms with Crippen LogP contribution in [-0.4, -0.2) is 23.9 Å². The first-order chi connectivity index (χ1) is 15.4. The first-order valence-corrected chi connectivity index (χ1v) is 11.8. The van der Waals surface area contributed by atoms with Gasteiger partial charge in [0.05, 0.1) is 14.7 Å². The number of hydrogen-bond donors (Lipinski definition) is 1. The highest BCUT2D eigenvalue weighted by molar-refractivity contribution is 9.11. The fourth-order valence-corrected chi connectivity index (χ4v) is 4.84. The largest absolute Gasteiger partial charge is 0.399 e. The fraction of sp³-hybridized carbons (Fsp3) is 0.364. The number of nitrogens with zero attached hydrogens (tertiary/aromatic N) is 1. The maximum absolute atomic E-state index is 14.0. The molecule has 178 valence electrons. The van der Waals surface area contributed by atoms with Crippen LogP contribution in [0.25, 0.3) is 0 Å². The molecule has 3 rings (SSSR count). The van der Waals surface area contributed by atoms with Gasteiger partial charge in [0.15, 0.2) is 5.82 Å². The Morgan fingerprint density at radius 1 is 1.24 bits per heavy atom. The monoisotopic (exact) mass is 612 g/mol. The molecule has 0 aliphatic carbocycles. The molecule has 0 saturated heterocycles. The molecular formula is C22H19Br2ClF4N2O2. The average Bonchev–Trinajstić information content (AvgIpc) is 3.19. The predicted octanol–water partition coefficient (Wildman–Crippen LogP) is 7.12. The van der Waals surface area contributed by atoms with Gasteiger partial charge in [0.2, 0.25) is 5.91 Å². The molecule has 2 unspecified atom stereocenters. The number of benzene rings is 2. The van der Waals surface area contributed by atoms with Crippen molar-refractivity contribution in [2.75, 3.05) is 0 Å². The minimum absolute atomic E-state index is 0.0906. The fourth-order valence-electron chi connectivity index (χ4n) is 3.37. The number of hydrogen-bond acceptors (Lipinski definition) is 3. The van der Waals surface area contributed by atoms with Crippen molar-refractivity contribution in [2.24, 2.45) is 11.1 Å². The third-order valence-corrected chi connectivity index (χ3v) is 6.65. The molecule has 0 fully saturated rings. The number of nitrogens with one attached hydrogen (secondary N) is 1. The summed E-state index contributed by atoms with van der Waals surface area (Å²) in [5.74, 6) is -3.01. The number of alkyl halides is 3. The standard InChI is InChI=1S/C22H19Br2ClF4N2O2/c1-10(2)21(32)30-9-12-4-3-11(7-16(12)25)17-8-18(33-31-17)19(22(27,28)29)13-5-14(23)20(26)15(24)6-13/h3-7,10,18-19H,8-9H2,1-2H3,(H,30,32). The summed E-state index contributed by atoms with van der Waals surface area (Å²) >= 11 is 12.2. The number of amides is 1. The lowest BCUT2D eigenvalue weighted by Crippen LogP contribution is -2.32. The van der Waals surface area contributed by atoms with Crippen LogP contribution in [0.3, 0.4) is 0 Å². The minimum atomic E-state index is -4.65. The molecule has 1 heterocycles. The molecule has 1 aliphatic heterocycles. The number of carbonyl (C=O) groups is 1. The normalized spacial score (nSPS) is 17.0. The number of oxime groups is 1. The van der Waals surface area contributed by atoms with Crippen LogP contribution in [0.2, 0.25) is 5.02 Å². The van der Waals surface area contributed by atoms with Crippen molar-refractivity contribution < 1.29 is 27.2 Å². The van der Waals surface area contributed by atoms with Crippen LogP contribution in [0.1, 0.15) is 42.9 Å². The lowest BCUT2D eigenvalue weighted by molar-refractivity contribution is -0.176. The summed E-state index contributed by atoms with van der Waals surface area (Å²) in [5, 5.41) is 6.98. The molecule has 4 nitrogen and oxygen atoms in total. The van der Waals surface area contributed by atoms with Crippen LogP contribution in [0, 0.1) is 11.7 Å². The van der Waals surface area contributed by atoms with Gasteiger partial charge in [-0.3, -0.25) is 4.79 Å². The van der Waals surface area contributed by atoms with E-state index < -0.39 is 24.0 Å². The Morgan fingerprint density at radius 3 is 2.42 bits per heavy atom. The van der Waals surface area contributed by atoms with Crippen molar-refractivity contribution in [3.8, 4) is 0 Å². The predicted molar refractivity (Wildman–Crippen MR) is 125 cm³/mol. The summed E-state index contributed by atoms with van der Waals surface area (Å²) < 4.78 is 55.6. The van der Waals surface area contributed by atoms with Crippen LogP contribution in [0.15, 0.2) is 44.4 Å². The van der Waals surface area contributed by atoms with Gasteiger partial charge in [0.1, 0.15) is 12.0 Å². The van der Waals surface area contributed by atoms with E-state index >= 15 is 0 Å². The molecule has 1 N–H and O–H groups in total. The van der Waals surface area contributed by atoms with Crippen molar-refractivity contribution in [1.29, 1.82) is 0 Å². The van der Waals surface area contributed by atoms with E-state index in [0.717, 1.165) is 12.1 Å². The zero-order chi connectivity index (χ0) is 24.5. The van der Waals surface area contributed by atoms with E-state index in [-0.39, 0.29) is 39.3 Å². The molecule has 11 heteroatoms. The summed E-state index contributed by atoms with van der Waals surface area (Å²) in [4.78, 5) is 16.9. The summed E-state index contributed by atoms with van der Waals surface area (Å²) in [5.41, 5.74) is 1.34. The SMILES string of the molecule is CC(C)C(=O)NCc1ccc(C2=NOC(C(c3cc(Br)c(F)c(Br)c3)C(F)(F)F)C2)cc1Cl. The van der Waals surface area contributed by atoms with Gasteiger partial charge in [0, 0.05) is 29.5 Å². The van der Waals surface area contributed by atoms with Gasteiger partial charge in [-0.05, 0) is 61.2 Å². The summed E-state index contributed by atoms with van der Waals surface area (Å²) in [6, 6.07) is 7.12. The van der Waals surface area contributed by atoms with Gasteiger partial charge < -0.3 is 10.2 Å². The minimum Gasteiger partial charge on any atom is -0.391 e. The average molecular weight is 615 g/mol. The highest BCUT2D eigenvalue weighted by Crippen LogP contribution is 2.44. The molecule has 33 heavy (non-hydrogen) atoms. The second-order valence-corrected chi connectivity index (χ2v) is 10.00. The third-order valence-electron chi connectivity index (χ3n) is 5.15. The van der Waals surface area contributed by atoms with Crippen LogP contribution in [-0.2, 0) is 16.2 Å². The maximum Gasteiger partial charge on any atom is 0.399 e. The highest BCUT2D eigenvalue weighted by Gasteiger charge is 2.49. The van der Waals surface area contributed by atoms with Gasteiger partial charge in [-0.2, -0.15) is 13.2 Å². The van der Waals surface area contributed by atoms with Gasteiger partial charge in [-0.1, -0.05) is 42.7 Å². The zero-order valence-corrected chi connectivity index (χ0v) is 21.4. The quantitative estimate of drug-likeness (QED) is 0.279. The van der Waals surface area contributed by atoms with E-state index in [1.165, 1.54) is 0 Å². The molecule has 0 saturated carbocycles. The van der Waals surface area contributed by atoms with Gasteiger partial charge >= 0.3 is 6.18 Å². The lowest BCUT2D eigenvalue weighted by atomic mass is 9.89. The van der Waals surface area contributed by atoms with Crippen molar-refractivity contribution >= 4 is 55.1 Å². The topological polar surface area (TPSA) is 50.7 Å². The molecule has 0 aromatic heterocycles. The second kappa shape index (κ2) is 10.3. The Balaban J connectivity index is 1.79. The molecule has 2 atom stereocenters. The highest BCUT2D eigenvalue weighted by atomic mass is 79.9. The third kappa shape index (κ3) is 6.08. The molecule has 0 radical (unpaired) electrons. The van der Waals surface area contributed by atoms with E-state index in [1.54, 1.807) is 32.0 Å². The number of rotatable bonds is 6. The molecule has 1 amide bonds. The second-order valence-electron chi connectivity index (χ2n) is 7.88. The van der Waals surface area contributed by atoms with Crippen LogP contribution >= 0.6 is 43.5 Å². The molecule has 1 aliphatic rings. The molecule has 2 aromatic rings. The number of carbonyl (C=O) groups excluding carboxylic acids is 1. The Morgan fingerprint density at radius 2 is 1.88 bits per heavy atom. The van der Waals surface area contributed by atoms with E-state index in [2.05, 4.69) is 42.3 Å². The smallest absolute Gasteiger partial charge is 0.391 e. The summed E-state index contributed by atoms with van der Waals surface area (Å²) in [6.07, 6.45) is -6.09. The van der Waals surface area contributed by atoms with Crippen molar-refractivity contribution in [1.82, 2.24) is 5.32 Å². The van der Waals surface area contributed by atoms with Crippen LogP contribution < -0.4 is 5.32 Å². The van der Waals surface area contributed by atoms with Gasteiger partial charge in [-0.25, -0.2) is 4.39 Å². The lowest BCUT2D eigenvalue weighted by Gasteiger charge is -2.25. The zero-order valence-electron chi connectivity index (χ0n) is 17.4. The molecule has 2 aromatic carbocycles. The van der Waals surface area contributed by atoms with Crippen LogP contribution in [0.5, 0.6) is 0 Å². The summed E-state index contributed by atoms with van der Waals surface area (Å²) in [7, 11) is 0. The van der Waals surface area contributed by atoms with E-state index in [0.29, 0.717) is 21.9 Å². The Bertz CT molecular complexity index is 1070. The van der Waals surface area contributed by atoms with Gasteiger partial charge in [-0.15, -0.1) is 0 Å². The van der Waals surface area contributed by atoms with E-state index in [9.17, 15) is 22.4 Å². The van der Waals surface area contributed by atoms with Crippen molar-refractivity contribution in [2.45, 2.75) is 45.0 Å². The summed E-state index contributed by atoms with van der Waals surface area (Å²) in [6.45, 7) is 3.77. The molecule has 0 spiro atoms. The molecular weight excluding hydrogens is 596 g/mol.